The van der Waals surface area contributed by atoms with E-state index in [2.05, 4.69) is 30.8 Å². The van der Waals surface area contributed by atoms with Crippen molar-refractivity contribution in [2.24, 2.45) is 0 Å². The summed E-state index contributed by atoms with van der Waals surface area (Å²) in [7, 11) is 1.25. The van der Waals surface area contributed by atoms with Crippen molar-refractivity contribution in [3.63, 3.8) is 0 Å². The van der Waals surface area contributed by atoms with Crippen LogP contribution in [0.5, 0.6) is 5.75 Å². The van der Waals surface area contributed by atoms with Crippen molar-refractivity contribution < 1.29 is 23.8 Å². The third kappa shape index (κ3) is 6.62. The number of methoxy groups -OCH3 is 1. The molecule has 1 amide bonds. The highest BCUT2D eigenvalue weighted by atomic mass is 16.7. The first kappa shape index (κ1) is 22.5. The van der Waals surface area contributed by atoms with Gasteiger partial charge in [-0.15, -0.1) is 0 Å². The van der Waals surface area contributed by atoms with E-state index in [-0.39, 0.29) is 16.7 Å². The van der Waals surface area contributed by atoms with Gasteiger partial charge in [0.25, 0.3) is 5.91 Å². The molecule has 0 aliphatic heterocycles. The Morgan fingerprint density at radius 1 is 1.04 bits per heavy atom. The standard InChI is InChI=1S/C21H31NO5/c1-9-26-11-10-18(23)22-16-13-17(27-19(24)25-8)15(21(5,6)7)12-14(16)20(2,3)4/h10-13H,9H2,1-8H3,(H,22,23)/b11-10+. The fourth-order valence-corrected chi connectivity index (χ4v) is 2.49. The van der Waals surface area contributed by atoms with Crippen molar-refractivity contribution in [3.05, 3.63) is 35.6 Å². The van der Waals surface area contributed by atoms with E-state index >= 15 is 0 Å². The molecule has 1 aromatic rings. The number of carbonyl (C=O) groups excluding carboxylic acids is 2. The van der Waals surface area contributed by atoms with E-state index in [0.717, 1.165) is 11.1 Å². The van der Waals surface area contributed by atoms with Crippen LogP contribution in [0.25, 0.3) is 0 Å². The summed E-state index contributed by atoms with van der Waals surface area (Å²) in [5.41, 5.74) is 1.83. The van der Waals surface area contributed by atoms with Crippen LogP contribution < -0.4 is 10.1 Å². The average Bonchev–Trinajstić information content (AvgIpc) is 2.52. The molecule has 1 N–H and O–H groups in total. The van der Waals surface area contributed by atoms with Crippen molar-refractivity contribution in [1.29, 1.82) is 0 Å². The van der Waals surface area contributed by atoms with Crippen LogP contribution in [-0.4, -0.2) is 25.8 Å². The predicted octanol–water partition coefficient (Wildman–Crippen LogP) is 4.92. The van der Waals surface area contributed by atoms with Gasteiger partial charge in [-0.25, -0.2) is 4.79 Å². The van der Waals surface area contributed by atoms with Gasteiger partial charge in [0.15, 0.2) is 0 Å². The fraction of sp³-hybridized carbons (Fsp3) is 0.524. The van der Waals surface area contributed by atoms with Gasteiger partial charge in [0, 0.05) is 23.4 Å². The van der Waals surface area contributed by atoms with E-state index in [1.54, 1.807) is 6.07 Å². The zero-order chi connectivity index (χ0) is 20.8. The highest BCUT2D eigenvalue weighted by molar-refractivity contribution is 6.00. The Hall–Kier alpha value is -2.50. The van der Waals surface area contributed by atoms with E-state index in [1.165, 1.54) is 19.4 Å². The number of ether oxygens (including phenoxy) is 3. The smallest absolute Gasteiger partial charge is 0.501 e. The van der Waals surface area contributed by atoms with Gasteiger partial charge in [0.05, 0.1) is 20.0 Å². The lowest BCUT2D eigenvalue weighted by molar-refractivity contribution is -0.112. The molecule has 0 aliphatic rings. The highest BCUT2D eigenvalue weighted by Gasteiger charge is 2.27. The van der Waals surface area contributed by atoms with Crippen LogP contribution in [0.3, 0.4) is 0 Å². The van der Waals surface area contributed by atoms with Crippen molar-refractivity contribution in [1.82, 2.24) is 0 Å². The fourth-order valence-electron chi connectivity index (χ4n) is 2.49. The quantitative estimate of drug-likeness (QED) is 0.341. The summed E-state index contributed by atoms with van der Waals surface area (Å²) in [4.78, 5) is 23.9. The van der Waals surface area contributed by atoms with Crippen LogP contribution in [0.4, 0.5) is 10.5 Å². The van der Waals surface area contributed by atoms with Gasteiger partial charge in [0.2, 0.25) is 0 Å². The lowest BCUT2D eigenvalue weighted by Crippen LogP contribution is -2.22. The number of carbonyl (C=O) groups is 2. The number of nitrogens with one attached hydrogen (secondary N) is 1. The van der Waals surface area contributed by atoms with Crippen LogP contribution in [0.15, 0.2) is 24.5 Å². The largest absolute Gasteiger partial charge is 0.513 e. The summed E-state index contributed by atoms with van der Waals surface area (Å²) in [5.74, 6) is 0.0212. The van der Waals surface area contributed by atoms with Crippen LogP contribution in [0, 0.1) is 0 Å². The van der Waals surface area contributed by atoms with E-state index in [1.807, 2.05) is 33.8 Å². The third-order valence-electron chi connectivity index (χ3n) is 3.84. The molecule has 0 saturated carbocycles. The van der Waals surface area contributed by atoms with Crippen LogP contribution in [0.1, 0.15) is 59.6 Å². The molecule has 0 aliphatic carbocycles. The zero-order valence-corrected chi connectivity index (χ0v) is 17.6. The molecular formula is C21H31NO5. The lowest BCUT2D eigenvalue weighted by atomic mass is 9.79. The van der Waals surface area contributed by atoms with E-state index < -0.39 is 6.16 Å². The summed E-state index contributed by atoms with van der Waals surface area (Å²) in [6, 6.07) is 3.64. The summed E-state index contributed by atoms with van der Waals surface area (Å²) in [6.07, 6.45) is 1.85. The number of hydrogen-bond acceptors (Lipinski definition) is 5. The first-order valence-corrected chi connectivity index (χ1v) is 8.94. The maximum Gasteiger partial charge on any atom is 0.513 e. The molecule has 0 bridgehead atoms. The zero-order valence-electron chi connectivity index (χ0n) is 17.6. The van der Waals surface area contributed by atoms with Gasteiger partial charge in [-0.05, 0) is 29.4 Å². The number of amides is 1. The minimum Gasteiger partial charge on any atom is -0.501 e. The minimum atomic E-state index is -0.808. The Morgan fingerprint density at radius 3 is 2.11 bits per heavy atom. The normalized spacial score (nSPS) is 12.0. The lowest BCUT2D eigenvalue weighted by Gasteiger charge is -2.29. The molecule has 1 aromatic carbocycles. The van der Waals surface area contributed by atoms with Gasteiger partial charge in [-0.1, -0.05) is 41.5 Å². The maximum absolute atomic E-state index is 12.2. The van der Waals surface area contributed by atoms with Crippen molar-refractivity contribution in [2.45, 2.75) is 59.3 Å². The SMILES string of the molecule is CCO/C=C/C(=O)Nc1cc(OC(=O)OC)c(C(C)(C)C)cc1C(C)(C)C. The Labute approximate surface area is 161 Å². The number of benzene rings is 1. The topological polar surface area (TPSA) is 73.9 Å². The molecule has 0 unspecified atom stereocenters. The highest BCUT2D eigenvalue weighted by Crippen LogP contribution is 2.40. The molecule has 1 rings (SSSR count). The molecule has 0 radical (unpaired) electrons. The van der Waals surface area contributed by atoms with E-state index in [4.69, 9.17) is 9.47 Å². The minimum absolute atomic E-state index is 0.240. The first-order chi connectivity index (χ1) is 12.4. The van der Waals surface area contributed by atoms with E-state index in [0.29, 0.717) is 18.0 Å². The molecule has 0 heterocycles. The summed E-state index contributed by atoms with van der Waals surface area (Å²) >= 11 is 0. The van der Waals surface area contributed by atoms with E-state index in [9.17, 15) is 9.59 Å². The van der Waals surface area contributed by atoms with Gasteiger partial charge in [0.1, 0.15) is 5.75 Å². The van der Waals surface area contributed by atoms with Gasteiger partial charge in [-0.3, -0.25) is 4.79 Å². The Balaban J connectivity index is 3.47. The molecule has 27 heavy (non-hydrogen) atoms. The third-order valence-corrected chi connectivity index (χ3v) is 3.84. The average molecular weight is 377 g/mol. The van der Waals surface area contributed by atoms with Crippen LogP contribution in [0.2, 0.25) is 0 Å². The molecule has 0 atom stereocenters. The molecule has 0 spiro atoms. The Morgan fingerprint density at radius 2 is 1.63 bits per heavy atom. The van der Waals surface area contributed by atoms with Crippen LogP contribution >= 0.6 is 0 Å². The molecule has 0 saturated heterocycles. The monoisotopic (exact) mass is 377 g/mol. The summed E-state index contributed by atoms with van der Waals surface area (Å²) in [5, 5.41) is 2.85. The van der Waals surface area contributed by atoms with Crippen molar-refractivity contribution >= 4 is 17.7 Å². The molecular weight excluding hydrogens is 346 g/mol. The predicted molar refractivity (Wildman–Crippen MR) is 106 cm³/mol. The second-order valence-electron chi connectivity index (χ2n) is 8.20. The molecule has 0 aromatic heterocycles. The molecule has 0 fully saturated rings. The van der Waals surface area contributed by atoms with Crippen LogP contribution in [-0.2, 0) is 25.1 Å². The molecule has 150 valence electrons. The van der Waals surface area contributed by atoms with Gasteiger partial charge < -0.3 is 19.5 Å². The molecule has 6 heteroatoms. The Kier molecular flexibility index (Phi) is 7.46. The molecule has 6 nitrogen and oxygen atoms in total. The van der Waals surface area contributed by atoms with Gasteiger partial charge >= 0.3 is 6.16 Å². The number of rotatable bonds is 5. The number of hydrogen-bond donors (Lipinski definition) is 1. The van der Waals surface area contributed by atoms with Gasteiger partial charge in [-0.2, -0.15) is 0 Å². The summed E-state index contributed by atoms with van der Waals surface area (Å²) in [6.45, 7) is 14.6. The second kappa shape index (κ2) is 8.93. The van der Waals surface area contributed by atoms with Crippen molar-refractivity contribution in [3.8, 4) is 5.75 Å². The Bertz CT molecular complexity index is 709. The maximum atomic E-state index is 12.2. The summed E-state index contributed by atoms with van der Waals surface area (Å²) < 4.78 is 15.1. The second-order valence-corrected chi connectivity index (χ2v) is 8.20. The number of anilines is 1. The van der Waals surface area contributed by atoms with Crippen molar-refractivity contribution in [2.75, 3.05) is 19.0 Å². The first-order valence-electron chi connectivity index (χ1n) is 8.94.